The maximum absolute atomic E-state index is 12.3. The average molecular weight is 450 g/mol. The summed E-state index contributed by atoms with van der Waals surface area (Å²) in [6.45, 7) is 0. The third kappa shape index (κ3) is 4.60. The predicted octanol–water partition coefficient (Wildman–Crippen LogP) is 5.72. The Morgan fingerprint density at radius 3 is 2.66 bits per heavy atom. The number of hydrogen-bond acceptors (Lipinski definition) is 6. The fourth-order valence-electron chi connectivity index (χ4n) is 2.99. The molecular formula is C23H16ClN3O5. The summed E-state index contributed by atoms with van der Waals surface area (Å²) in [6.07, 6.45) is 2.75. The molecule has 8 nitrogen and oxygen atoms in total. The highest BCUT2D eigenvalue weighted by Gasteiger charge is 2.12. The van der Waals surface area contributed by atoms with E-state index < -0.39 is 10.8 Å². The number of carbonyl (C=O) groups excluding carboxylic acids is 1. The first-order valence-corrected chi connectivity index (χ1v) is 9.79. The molecule has 4 aromatic rings. The number of nitrogens with one attached hydrogen (secondary N) is 1. The number of carbonyl (C=O) groups is 1. The molecule has 1 aromatic heterocycles. The summed E-state index contributed by atoms with van der Waals surface area (Å²) in [5.74, 6) is 0.785. The van der Waals surface area contributed by atoms with Crippen LogP contribution in [0, 0.1) is 10.1 Å². The minimum Gasteiger partial charge on any atom is -0.497 e. The number of halogens is 1. The van der Waals surface area contributed by atoms with Gasteiger partial charge in [0.2, 0.25) is 11.8 Å². The van der Waals surface area contributed by atoms with Crippen molar-refractivity contribution in [1.82, 2.24) is 4.98 Å². The maximum atomic E-state index is 12.3. The van der Waals surface area contributed by atoms with E-state index in [0.717, 1.165) is 11.3 Å². The van der Waals surface area contributed by atoms with E-state index in [2.05, 4.69) is 10.3 Å². The standard InChI is InChI=1S/C23H16ClN3O5/c1-31-17-7-4-15(5-8-17)23-26-19-13-16(6-10-21(19)32-23)25-22(28)11-3-14-2-9-18(24)20(12-14)27(29)30/h2-13H,1H3,(H,25,28)/b11-3+. The zero-order valence-electron chi connectivity index (χ0n) is 16.7. The molecule has 0 aliphatic carbocycles. The molecule has 0 bridgehead atoms. The highest BCUT2D eigenvalue weighted by Crippen LogP contribution is 2.28. The van der Waals surface area contributed by atoms with Gasteiger partial charge in [0.05, 0.1) is 12.0 Å². The van der Waals surface area contributed by atoms with Crippen LogP contribution < -0.4 is 10.1 Å². The van der Waals surface area contributed by atoms with Gasteiger partial charge in [-0.15, -0.1) is 0 Å². The first-order chi connectivity index (χ1) is 15.4. The monoisotopic (exact) mass is 449 g/mol. The molecule has 0 atom stereocenters. The number of nitro benzene ring substituents is 1. The molecule has 0 aliphatic rings. The maximum Gasteiger partial charge on any atom is 0.288 e. The Kier molecular flexibility index (Phi) is 5.87. The van der Waals surface area contributed by atoms with Crippen LogP contribution in [0.2, 0.25) is 5.02 Å². The molecule has 0 fully saturated rings. The number of hydrogen-bond donors (Lipinski definition) is 1. The van der Waals surface area contributed by atoms with Crippen molar-refractivity contribution >= 4 is 46.1 Å². The van der Waals surface area contributed by atoms with E-state index in [4.69, 9.17) is 20.8 Å². The van der Waals surface area contributed by atoms with Crippen LogP contribution in [0.5, 0.6) is 5.75 Å². The Hall–Kier alpha value is -4.17. The van der Waals surface area contributed by atoms with Crippen LogP contribution in [0.15, 0.2) is 71.2 Å². The van der Waals surface area contributed by atoms with Gasteiger partial charge in [-0.25, -0.2) is 4.98 Å². The number of ether oxygens (including phenoxy) is 1. The summed E-state index contributed by atoms with van der Waals surface area (Å²) in [6, 6.07) is 16.7. The third-order valence-corrected chi connectivity index (χ3v) is 4.91. The molecule has 1 amide bonds. The van der Waals surface area contributed by atoms with Crippen LogP contribution in [0.3, 0.4) is 0 Å². The second kappa shape index (κ2) is 8.91. The third-order valence-electron chi connectivity index (χ3n) is 4.59. The zero-order chi connectivity index (χ0) is 22.7. The molecule has 32 heavy (non-hydrogen) atoms. The van der Waals surface area contributed by atoms with E-state index in [9.17, 15) is 14.9 Å². The number of oxazole rings is 1. The smallest absolute Gasteiger partial charge is 0.288 e. The van der Waals surface area contributed by atoms with Gasteiger partial charge in [-0.1, -0.05) is 17.7 Å². The van der Waals surface area contributed by atoms with Crippen molar-refractivity contribution < 1.29 is 18.9 Å². The molecule has 0 saturated carbocycles. The van der Waals surface area contributed by atoms with Crippen molar-refractivity contribution in [3.8, 4) is 17.2 Å². The van der Waals surface area contributed by atoms with Crippen molar-refractivity contribution in [2.24, 2.45) is 0 Å². The van der Waals surface area contributed by atoms with Crippen molar-refractivity contribution in [2.45, 2.75) is 0 Å². The topological polar surface area (TPSA) is 108 Å². The van der Waals surface area contributed by atoms with Crippen LogP contribution in [-0.4, -0.2) is 22.9 Å². The summed E-state index contributed by atoms with van der Waals surface area (Å²) in [7, 11) is 1.60. The number of benzene rings is 3. The normalized spacial score (nSPS) is 11.1. The number of amides is 1. The Balaban J connectivity index is 1.49. The fraction of sp³-hybridized carbons (Fsp3) is 0.0435. The SMILES string of the molecule is COc1ccc(-c2nc3cc(NC(=O)/C=C/c4ccc(Cl)c([N+](=O)[O-])c4)ccc3o2)cc1. The van der Waals surface area contributed by atoms with Gasteiger partial charge in [-0.3, -0.25) is 14.9 Å². The molecule has 4 rings (SSSR count). The summed E-state index contributed by atoms with van der Waals surface area (Å²) in [5, 5.41) is 13.7. The summed E-state index contributed by atoms with van der Waals surface area (Å²) < 4.78 is 10.9. The number of methoxy groups -OCH3 is 1. The number of nitrogens with zero attached hydrogens (tertiary/aromatic N) is 2. The molecule has 1 heterocycles. The van der Waals surface area contributed by atoms with E-state index in [-0.39, 0.29) is 10.7 Å². The molecule has 0 saturated heterocycles. The minimum absolute atomic E-state index is 0.0338. The summed E-state index contributed by atoms with van der Waals surface area (Å²) in [4.78, 5) is 27.2. The van der Waals surface area contributed by atoms with Crippen molar-refractivity contribution in [3.05, 3.63) is 87.4 Å². The second-order valence-electron chi connectivity index (χ2n) is 6.72. The highest BCUT2D eigenvalue weighted by molar-refractivity contribution is 6.32. The number of rotatable bonds is 6. The quantitative estimate of drug-likeness (QED) is 0.229. The Bertz CT molecular complexity index is 1350. The number of nitro groups is 1. The Labute approximate surface area is 187 Å². The van der Waals surface area contributed by atoms with Crippen LogP contribution >= 0.6 is 11.6 Å². The molecule has 0 spiro atoms. The van der Waals surface area contributed by atoms with Crippen molar-refractivity contribution in [2.75, 3.05) is 12.4 Å². The first kappa shape index (κ1) is 21.1. The molecule has 3 aromatic carbocycles. The number of aromatic nitrogens is 1. The lowest BCUT2D eigenvalue weighted by Gasteiger charge is -2.01. The van der Waals surface area contributed by atoms with Gasteiger partial charge in [-0.05, 0) is 60.2 Å². The lowest BCUT2D eigenvalue weighted by Crippen LogP contribution is -2.07. The molecule has 0 radical (unpaired) electrons. The Morgan fingerprint density at radius 1 is 1.16 bits per heavy atom. The lowest BCUT2D eigenvalue weighted by molar-refractivity contribution is -0.384. The molecule has 0 aliphatic heterocycles. The van der Waals surface area contributed by atoms with Gasteiger partial charge in [0.25, 0.3) is 5.69 Å². The predicted molar refractivity (Wildman–Crippen MR) is 122 cm³/mol. The molecule has 0 unspecified atom stereocenters. The molecular weight excluding hydrogens is 434 g/mol. The van der Waals surface area contributed by atoms with Gasteiger partial charge in [0, 0.05) is 23.4 Å². The Morgan fingerprint density at radius 2 is 1.94 bits per heavy atom. The van der Waals surface area contributed by atoms with Gasteiger partial charge in [0.1, 0.15) is 16.3 Å². The van der Waals surface area contributed by atoms with Crippen LogP contribution in [-0.2, 0) is 4.79 Å². The summed E-state index contributed by atoms with van der Waals surface area (Å²) >= 11 is 5.80. The van der Waals surface area contributed by atoms with E-state index in [0.29, 0.717) is 28.2 Å². The van der Waals surface area contributed by atoms with Crippen LogP contribution in [0.25, 0.3) is 28.6 Å². The second-order valence-corrected chi connectivity index (χ2v) is 7.13. The number of fused-ring (bicyclic) bond motifs is 1. The lowest BCUT2D eigenvalue weighted by atomic mass is 10.2. The van der Waals surface area contributed by atoms with E-state index in [1.165, 1.54) is 24.3 Å². The average Bonchev–Trinajstić information content (AvgIpc) is 3.22. The number of anilines is 1. The van der Waals surface area contributed by atoms with Crippen LogP contribution in [0.1, 0.15) is 5.56 Å². The van der Waals surface area contributed by atoms with Gasteiger partial charge < -0.3 is 14.5 Å². The van der Waals surface area contributed by atoms with Crippen molar-refractivity contribution in [3.63, 3.8) is 0 Å². The first-order valence-electron chi connectivity index (χ1n) is 9.41. The molecule has 9 heteroatoms. The van der Waals surface area contributed by atoms with Gasteiger partial charge >= 0.3 is 0 Å². The van der Waals surface area contributed by atoms with Gasteiger partial charge in [0.15, 0.2) is 5.58 Å². The van der Waals surface area contributed by atoms with E-state index >= 15 is 0 Å². The molecule has 1 N–H and O–H groups in total. The largest absolute Gasteiger partial charge is 0.497 e. The summed E-state index contributed by atoms with van der Waals surface area (Å²) in [5.41, 5.74) is 2.76. The zero-order valence-corrected chi connectivity index (χ0v) is 17.5. The van der Waals surface area contributed by atoms with Crippen molar-refractivity contribution in [1.29, 1.82) is 0 Å². The fourth-order valence-corrected chi connectivity index (χ4v) is 3.18. The van der Waals surface area contributed by atoms with Gasteiger partial charge in [-0.2, -0.15) is 0 Å². The molecule has 160 valence electrons. The minimum atomic E-state index is -0.576. The van der Waals surface area contributed by atoms with E-state index in [1.807, 2.05) is 24.3 Å². The highest BCUT2D eigenvalue weighted by atomic mass is 35.5. The van der Waals surface area contributed by atoms with E-state index in [1.54, 1.807) is 31.4 Å². The van der Waals surface area contributed by atoms with Crippen LogP contribution in [0.4, 0.5) is 11.4 Å².